The number of likely N-dealkylation sites (tertiary alicyclic amines) is 2. The second-order valence-electron chi connectivity index (χ2n) is 5.97. The minimum absolute atomic E-state index is 0.0378. The number of halogens is 1. The number of hydrogen-bond acceptors (Lipinski definition) is 3. The molecule has 1 aromatic carbocycles. The van der Waals surface area contributed by atoms with Gasteiger partial charge in [0.2, 0.25) is 0 Å². The summed E-state index contributed by atoms with van der Waals surface area (Å²) in [5.41, 5.74) is 5.94. The summed E-state index contributed by atoms with van der Waals surface area (Å²) >= 11 is 0. The highest BCUT2D eigenvalue weighted by atomic mass is 19.1. The molecule has 0 saturated carbocycles. The molecular formula is C16H22FN3O. The third-order valence-electron chi connectivity index (χ3n) is 4.69. The molecule has 0 aliphatic carbocycles. The van der Waals surface area contributed by atoms with E-state index >= 15 is 0 Å². The maximum absolute atomic E-state index is 13.5. The number of piperidine rings is 1. The van der Waals surface area contributed by atoms with Crippen molar-refractivity contribution in [1.29, 1.82) is 0 Å². The molecule has 1 aromatic rings. The van der Waals surface area contributed by atoms with E-state index in [4.69, 9.17) is 5.73 Å². The van der Waals surface area contributed by atoms with Crippen molar-refractivity contribution in [3.05, 3.63) is 29.6 Å². The number of carbonyl (C=O) groups is 1. The first-order valence-corrected chi connectivity index (χ1v) is 7.74. The molecule has 0 aromatic heterocycles. The van der Waals surface area contributed by atoms with Crippen molar-refractivity contribution in [2.24, 2.45) is 0 Å². The minimum atomic E-state index is -0.521. The van der Waals surface area contributed by atoms with Crippen molar-refractivity contribution < 1.29 is 9.18 Å². The Labute approximate surface area is 124 Å². The van der Waals surface area contributed by atoms with Gasteiger partial charge < -0.3 is 15.5 Å². The molecule has 3 rings (SSSR count). The number of nitrogen functional groups attached to an aromatic ring is 1. The maximum Gasteiger partial charge on any atom is 0.256 e. The van der Waals surface area contributed by atoms with Gasteiger partial charge in [0.15, 0.2) is 0 Å². The zero-order chi connectivity index (χ0) is 14.8. The fourth-order valence-corrected chi connectivity index (χ4v) is 3.43. The van der Waals surface area contributed by atoms with E-state index in [1.165, 1.54) is 38.1 Å². The quantitative estimate of drug-likeness (QED) is 0.849. The molecule has 2 heterocycles. The maximum atomic E-state index is 13.5. The van der Waals surface area contributed by atoms with Crippen molar-refractivity contribution in [1.82, 2.24) is 9.80 Å². The van der Waals surface area contributed by atoms with E-state index < -0.39 is 5.82 Å². The average molecular weight is 291 g/mol. The Balaban J connectivity index is 1.63. The van der Waals surface area contributed by atoms with Crippen LogP contribution >= 0.6 is 0 Å². The SMILES string of the molecule is Nc1c(F)cccc1C(=O)N1CCC(N2CCCC2)CC1. The molecule has 2 saturated heterocycles. The molecule has 0 unspecified atom stereocenters. The molecule has 4 nitrogen and oxygen atoms in total. The molecule has 21 heavy (non-hydrogen) atoms. The van der Waals surface area contributed by atoms with Crippen LogP contribution in [-0.2, 0) is 0 Å². The van der Waals surface area contributed by atoms with E-state index in [-0.39, 0.29) is 17.2 Å². The van der Waals surface area contributed by atoms with Crippen LogP contribution < -0.4 is 5.73 Å². The molecule has 0 spiro atoms. The molecule has 114 valence electrons. The Hall–Kier alpha value is -1.62. The highest BCUT2D eigenvalue weighted by Crippen LogP contribution is 2.24. The Morgan fingerprint density at radius 1 is 1.14 bits per heavy atom. The van der Waals surface area contributed by atoms with Gasteiger partial charge in [0.25, 0.3) is 5.91 Å². The molecule has 2 aliphatic heterocycles. The van der Waals surface area contributed by atoms with E-state index in [0.29, 0.717) is 6.04 Å². The fraction of sp³-hybridized carbons (Fsp3) is 0.562. The van der Waals surface area contributed by atoms with Gasteiger partial charge in [-0.15, -0.1) is 0 Å². The summed E-state index contributed by atoms with van der Waals surface area (Å²) in [5, 5.41) is 0. The number of amides is 1. The van der Waals surface area contributed by atoms with Gasteiger partial charge in [-0.25, -0.2) is 4.39 Å². The summed E-state index contributed by atoms with van der Waals surface area (Å²) in [4.78, 5) is 16.8. The summed E-state index contributed by atoms with van der Waals surface area (Å²) in [6.45, 7) is 3.84. The van der Waals surface area contributed by atoms with Crippen LogP contribution in [0.15, 0.2) is 18.2 Å². The van der Waals surface area contributed by atoms with Gasteiger partial charge in [-0.3, -0.25) is 4.79 Å². The molecule has 0 atom stereocenters. The van der Waals surface area contributed by atoms with E-state index in [2.05, 4.69) is 4.90 Å². The number of rotatable bonds is 2. The van der Waals surface area contributed by atoms with Crippen molar-refractivity contribution in [2.75, 3.05) is 31.9 Å². The standard InChI is InChI=1S/C16H22FN3O/c17-14-5-3-4-13(15(14)18)16(21)20-10-6-12(7-11-20)19-8-1-2-9-19/h3-5,12H,1-2,6-11,18H2. The lowest BCUT2D eigenvalue weighted by Crippen LogP contribution is -2.46. The second-order valence-corrected chi connectivity index (χ2v) is 5.97. The zero-order valence-electron chi connectivity index (χ0n) is 12.2. The van der Waals surface area contributed by atoms with Crippen molar-refractivity contribution >= 4 is 11.6 Å². The van der Waals surface area contributed by atoms with E-state index in [1.54, 1.807) is 11.0 Å². The zero-order valence-corrected chi connectivity index (χ0v) is 12.2. The topological polar surface area (TPSA) is 49.6 Å². The summed E-state index contributed by atoms with van der Waals surface area (Å²) in [7, 11) is 0. The predicted octanol–water partition coefficient (Wildman–Crippen LogP) is 2.11. The number of nitrogens with zero attached hydrogens (tertiary/aromatic N) is 2. The lowest BCUT2D eigenvalue weighted by molar-refractivity contribution is 0.0645. The van der Waals surface area contributed by atoms with Crippen LogP contribution in [0, 0.1) is 5.82 Å². The van der Waals surface area contributed by atoms with Crippen LogP contribution in [0.4, 0.5) is 10.1 Å². The normalized spacial score (nSPS) is 20.9. The molecule has 1 amide bonds. The number of hydrogen-bond donors (Lipinski definition) is 1. The summed E-state index contributed by atoms with van der Waals surface area (Å²) in [6, 6.07) is 5.02. The molecule has 0 radical (unpaired) electrons. The Morgan fingerprint density at radius 3 is 2.48 bits per heavy atom. The highest BCUT2D eigenvalue weighted by molar-refractivity contribution is 5.99. The summed E-state index contributed by atoms with van der Waals surface area (Å²) < 4.78 is 13.5. The Kier molecular flexibility index (Phi) is 4.10. The van der Waals surface area contributed by atoms with Gasteiger partial charge in [0.05, 0.1) is 11.3 Å². The van der Waals surface area contributed by atoms with Crippen molar-refractivity contribution in [3.63, 3.8) is 0 Å². The number of carbonyl (C=O) groups excluding carboxylic acids is 1. The lowest BCUT2D eigenvalue weighted by atomic mass is 10.0. The second kappa shape index (κ2) is 6.02. The van der Waals surface area contributed by atoms with E-state index in [1.807, 2.05) is 0 Å². The summed E-state index contributed by atoms with van der Waals surface area (Å²) in [6.07, 6.45) is 4.58. The van der Waals surface area contributed by atoms with Crippen molar-refractivity contribution in [3.8, 4) is 0 Å². The monoisotopic (exact) mass is 291 g/mol. The van der Waals surface area contributed by atoms with Gasteiger partial charge in [-0.1, -0.05) is 6.07 Å². The third-order valence-corrected chi connectivity index (χ3v) is 4.69. The molecule has 5 heteroatoms. The first-order valence-electron chi connectivity index (χ1n) is 7.74. The molecule has 2 fully saturated rings. The first-order chi connectivity index (χ1) is 10.2. The van der Waals surface area contributed by atoms with E-state index in [9.17, 15) is 9.18 Å². The fourth-order valence-electron chi connectivity index (χ4n) is 3.43. The largest absolute Gasteiger partial charge is 0.396 e. The lowest BCUT2D eigenvalue weighted by Gasteiger charge is -2.36. The number of anilines is 1. The molecular weight excluding hydrogens is 269 g/mol. The van der Waals surface area contributed by atoms with Gasteiger partial charge >= 0.3 is 0 Å². The van der Waals surface area contributed by atoms with Gasteiger partial charge in [-0.05, 0) is 50.9 Å². The summed E-state index contributed by atoms with van der Waals surface area (Å²) in [5.74, 6) is -0.667. The van der Waals surface area contributed by atoms with Crippen molar-refractivity contribution in [2.45, 2.75) is 31.7 Å². The molecule has 2 aliphatic rings. The smallest absolute Gasteiger partial charge is 0.256 e. The van der Waals surface area contributed by atoms with Crippen LogP contribution in [0.1, 0.15) is 36.0 Å². The Morgan fingerprint density at radius 2 is 1.81 bits per heavy atom. The van der Waals surface area contributed by atoms with Crippen LogP contribution in [-0.4, -0.2) is 47.9 Å². The highest BCUT2D eigenvalue weighted by Gasteiger charge is 2.29. The van der Waals surface area contributed by atoms with Crippen LogP contribution in [0.3, 0.4) is 0 Å². The first kappa shape index (κ1) is 14.3. The minimum Gasteiger partial charge on any atom is -0.396 e. The van der Waals surface area contributed by atoms with E-state index in [0.717, 1.165) is 25.9 Å². The number of para-hydroxylation sites is 1. The van der Waals surface area contributed by atoms with Gasteiger partial charge in [0, 0.05) is 19.1 Å². The average Bonchev–Trinajstić information content (AvgIpc) is 3.04. The Bertz CT molecular complexity index is 520. The third kappa shape index (κ3) is 2.88. The number of benzene rings is 1. The molecule has 2 N–H and O–H groups in total. The van der Waals surface area contributed by atoms with Crippen LogP contribution in [0.25, 0.3) is 0 Å². The van der Waals surface area contributed by atoms with Gasteiger partial charge in [-0.2, -0.15) is 0 Å². The number of nitrogens with two attached hydrogens (primary N) is 1. The predicted molar refractivity (Wildman–Crippen MR) is 80.5 cm³/mol. The van der Waals surface area contributed by atoms with Gasteiger partial charge in [0.1, 0.15) is 5.82 Å². The molecule has 0 bridgehead atoms. The van der Waals surface area contributed by atoms with Crippen LogP contribution in [0.5, 0.6) is 0 Å². The van der Waals surface area contributed by atoms with Crippen LogP contribution in [0.2, 0.25) is 0 Å².